The molecule has 1 aliphatic heterocycles. The number of likely N-dealkylation sites (tertiary alicyclic amines) is 1. The number of benzene rings is 2. The molecule has 0 unspecified atom stereocenters. The number of carbonyl (C=O) groups excluding carboxylic acids is 1. The fourth-order valence-electron chi connectivity index (χ4n) is 3.16. The monoisotopic (exact) mass is 397 g/mol. The van der Waals surface area contributed by atoms with Gasteiger partial charge in [0, 0.05) is 18.7 Å². The van der Waals surface area contributed by atoms with E-state index < -0.39 is 26.8 Å². The molecule has 2 aromatic rings. The minimum absolute atomic E-state index is 0.160. The molecule has 3 rings (SSSR count). The lowest BCUT2D eigenvalue weighted by atomic mass is 10.1. The predicted octanol–water partition coefficient (Wildman–Crippen LogP) is 3.78. The van der Waals surface area contributed by atoms with Gasteiger partial charge in [0.25, 0.3) is 5.91 Å². The fraction of sp³-hybridized carbons (Fsp3) is 0.316. The first-order valence-corrected chi connectivity index (χ1v) is 10.00. The molecule has 0 aliphatic carbocycles. The molecule has 8 heteroatoms. The van der Waals surface area contributed by atoms with E-state index in [2.05, 4.69) is 0 Å². The molecule has 144 valence electrons. The molecule has 0 saturated carbocycles. The zero-order chi connectivity index (χ0) is 19.7. The predicted molar refractivity (Wildman–Crippen MR) is 94.0 cm³/mol. The van der Waals surface area contributed by atoms with Crippen LogP contribution in [0, 0.1) is 0 Å². The Balaban J connectivity index is 1.66. The smallest absolute Gasteiger partial charge is 0.339 e. The van der Waals surface area contributed by atoms with Gasteiger partial charge in [-0.3, -0.25) is 4.79 Å². The largest absolute Gasteiger partial charge is 0.416 e. The molecule has 1 saturated heterocycles. The summed E-state index contributed by atoms with van der Waals surface area (Å²) in [6.07, 6.45) is -3.86. The SMILES string of the molecule is O=C(c1ccc(C(F)(F)F)cc1)N1CCC(S(=O)(=O)c2ccccc2)CC1. The van der Waals surface area contributed by atoms with Gasteiger partial charge < -0.3 is 4.90 Å². The van der Waals surface area contributed by atoms with E-state index in [-0.39, 0.29) is 29.5 Å². The Morgan fingerprint density at radius 1 is 0.926 bits per heavy atom. The lowest BCUT2D eigenvalue weighted by molar-refractivity contribution is -0.137. The van der Waals surface area contributed by atoms with Gasteiger partial charge in [-0.15, -0.1) is 0 Å². The molecule has 0 bridgehead atoms. The van der Waals surface area contributed by atoms with E-state index in [9.17, 15) is 26.4 Å². The topological polar surface area (TPSA) is 54.5 Å². The van der Waals surface area contributed by atoms with Crippen molar-refractivity contribution in [2.24, 2.45) is 0 Å². The third-order valence-corrected chi connectivity index (χ3v) is 6.98. The molecule has 1 heterocycles. The number of amides is 1. The molecule has 4 nitrogen and oxygen atoms in total. The average molecular weight is 397 g/mol. The van der Waals surface area contributed by atoms with Gasteiger partial charge in [0.2, 0.25) is 0 Å². The lowest BCUT2D eigenvalue weighted by Crippen LogP contribution is -2.42. The van der Waals surface area contributed by atoms with Gasteiger partial charge in [-0.2, -0.15) is 13.2 Å². The van der Waals surface area contributed by atoms with Crippen LogP contribution in [0.3, 0.4) is 0 Å². The maximum Gasteiger partial charge on any atom is 0.416 e. The number of nitrogens with zero attached hydrogens (tertiary/aromatic N) is 1. The Labute approximate surface area is 155 Å². The van der Waals surface area contributed by atoms with Crippen molar-refractivity contribution >= 4 is 15.7 Å². The molecule has 1 aliphatic rings. The van der Waals surface area contributed by atoms with E-state index in [1.165, 1.54) is 4.90 Å². The normalized spacial score (nSPS) is 16.3. The third-order valence-electron chi connectivity index (χ3n) is 4.70. The number of rotatable bonds is 3. The van der Waals surface area contributed by atoms with E-state index in [1.54, 1.807) is 30.3 Å². The number of sulfone groups is 1. The van der Waals surface area contributed by atoms with Gasteiger partial charge in [-0.1, -0.05) is 18.2 Å². The minimum atomic E-state index is -4.45. The van der Waals surface area contributed by atoms with E-state index in [0.717, 1.165) is 24.3 Å². The number of hydrogen-bond donors (Lipinski definition) is 0. The number of carbonyl (C=O) groups is 1. The van der Waals surface area contributed by atoms with Gasteiger partial charge in [-0.25, -0.2) is 8.42 Å². The van der Waals surface area contributed by atoms with Gasteiger partial charge in [0.05, 0.1) is 15.7 Å². The maximum atomic E-state index is 12.7. The van der Waals surface area contributed by atoms with Crippen molar-refractivity contribution in [2.75, 3.05) is 13.1 Å². The van der Waals surface area contributed by atoms with Crippen LogP contribution in [0.2, 0.25) is 0 Å². The highest BCUT2D eigenvalue weighted by molar-refractivity contribution is 7.92. The van der Waals surface area contributed by atoms with Crippen LogP contribution in [0.5, 0.6) is 0 Å². The summed E-state index contributed by atoms with van der Waals surface area (Å²) >= 11 is 0. The van der Waals surface area contributed by atoms with Crippen molar-refractivity contribution in [3.63, 3.8) is 0 Å². The first-order chi connectivity index (χ1) is 12.7. The van der Waals surface area contributed by atoms with Gasteiger partial charge in [-0.05, 0) is 49.2 Å². The Hall–Kier alpha value is -2.35. The summed E-state index contributed by atoms with van der Waals surface area (Å²) in [6, 6.07) is 12.2. The summed E-state index contributed by atoms with van der Waals surface area (Å²) in [5.41, 5.74) is -0.654. The molecule has 0 atom stereocenters. The van der Waals surface area contributed by atoms with Crippen LogP contribution in [0.1, 0.15) is 28.8 Å². The highest BCUT2D eigenvalue weighted by Crippen LogP contribution is 2.30. The van der Waals surface area contributed by atoms with Crippen LogP contribution in [0.15, 0.2) is 59.5 Å². The third kappa shape index (κ3) is 4.16. The summed E-state index contributed by atoms with van der Waals surface area (Å²) < 4.78 is 63.2. The molecule has 0 N–H and O–H groups in total. The average Bonchev–Trinajstić information content (AvgIpc) is 2.67. The van der Waals surface area contributed by atoms with E-state index in [4.69, 9.17) is 0 Å². The summed E-state index contributed by atoms with van der Waals surface area (Å²) in [5, 5.41) is -0.573. The van der Waals surface area contributed by atoms with Crippen LogP contribution in [0.4, 0.5) is 13.2 Å². The van der Waals surface area contributed by atoms with Crippen molar-refractivity contribution in [1.29, 1.82) is 0 Å². The second-order valence-corrected chi connectivity index (χ2v) is 8.65. The van der Waals surface area contributed by atoms with Crippen LogP contribution in [-0.4, -0.2) is 37.6 Å². The zero-order valence-electron chi connectivity index (χ0n) is 14.3. The Kier molecular flexibility index (Phi) is 5.28. The van der Waals surface area contributed by atoms with Gasteiger partial charge in [0.15, 0.2) is 9.84 Å². The number of halogens is 3. The summed E-state index contributed by atoms with van der Waals surface area (Å²) in [6.45, 7) is 0.493. The Morgan fingerprint density at radius 3 is 2.00 bits per heavy atom. The zero-order valence-corrected chi connectivity index (χ0v) is 15.1. The molecule has 27 heavy (non-hydrogen) atoms. The highest BCUT2D eigenvalue weighted by atomic mass is 32.2. The summed E-state index contributed by atoms with van der Waals surface area (Å²) in [4.78, 5) is 14.2. The van der Waals surface area contributed by atoms with Crippen molar-refractivity contribution in [1.82, 2.24) is 4.90 Å². The molecule has 2 aromatic carbocycles. The van der Waals surface area contributed by atoms with Crippen LogP contribution >= 0.6 is 0 Å². The second-order valence-electron chi connectivity index (χ2n) is 6.42. The lowest BCUT2D eigenvalue weighted by Gasteiger charge is -2.31. The first kappa shape index (κ1) is 19.4. The quantitative estimate of drug-likeness (QED) is 0.792. The van der Waals surface area contributed by atoms with Crippen molar-refractivity contribution in [2.45, 2.75) is 29.2 Å². The molecule has 0 radical (unpaired) electrons. The molecule has 0 aromatic heterocycles. The van der Waals surface area contributed by atoms with Crippen molar-refractivity contribution in [3.05, 3.63) is 65.7 Å². The molecule has 1 amide bonds. The Morgan fingerprint density at radius 2 is 1.48 bits per heavy atom. The molecule has 0 spiro atoms. The number of hydrogen-bond acceptors (Lipinski definition) is 3. The van der Waals surface area contributed by atoms with Gasteiger partial charge in [0.1, 0.15) is 0 Å². The summed E-state index contributed by atoms with van der Waals surface area (Å²) in [5.74, 6) is -0.390. The minimum Gasteiger partial charge on any atom is -0.339 e. The molecule has 1 fully saturated rings. The fourth-order valence-corrected chi connectivity index (χ4v) is 4.91. The van der Waals surface area contributed by atoms with Gasteiger partial charge >= 0.3 is 6.18 Å². The standard InChI is InChI=1S/C19H18F3NO3S/c20-19(21,22)15-8-6-14(7-9-15)18(24)23-12-10-17(11-13-23)27(25,26)16-4-2-1-3-5-16/h1-9,17H,10-13H2. The highest BCUT2D eigenvalue weighted by Gasteiger charge is 2.33. The van der Waals surface area contributed by atoms with E-state index >= 15 is 0 Å². The van der Waals surface area contributed by atoms with Crippen molar-refractivity contribution in [3.8, 4) is 0 Å². The van der Waals surface area contributed by atoms with Crippen molar-refractivity contribution < 1.29 is 26.4 Å². The van der Waals surface area contributed by atoms with Crippen LogP contribution < -0.4 is 0 Å². The van der Waals surface area contributed by atoms with E-state index in [1.807, 2.05) is 0 Å². The first-order valence-electron chi connectivity index (χ1n) is 8.45. The summed E-state index contributed by atoms with van der Waals surface area (Å²) in [7, 11) is -3.46. The Bertz CT molecular complexity index is 901. The van der Waals surface area contributed by atoms with Crippen LogP contribution in [0.25, 0.3) is 0 Å². The second kappa shape index (κ2) is 7.34. The maximum absolute atomic E-state index is 12.7. The van der Waals surface area contributed by atoms with E-state index in [0.29, 0.717) is 12.8 Å². The molecular formula is C19H18F3NO3S. The van der Waals surface area contributed by atoms with Crippen LogP contribution in [-0.2, 0) is 16.0 Å². The number of alkyl halides is 3. The number of piperidine rings is 1. The molecular weight excluding hydrogens is 379 g/mol.